The molecule has 1 aromatic carbocycles. The third kappa shape index (κ3) is 3.66. The van der Waals surface area contributed by atoms with E-state index in [1.54, 1.807) is 7.11 Å². The van der Waals surface area contributed by atoms with Gasteiger partial charge in [-0.05, 0) is 32.2 Å². The molecular weight excluding hydrogens is 259 g/mol. The molecule has 7 heteroatoms. The van der Waals surface area contributed by atoms with Gasteiger partial charge in [0.25, 0.3) is 0 Å². The van der Waals surface area contributed by atoms with E-state index in [1.165, 1.54) is 19.2 Å². The predicted octanol–water partition coefficient (Wildman–Crippen LogP) is 1.18. The van der Waals surface area contributed by atoms with Gasteiger partial charge in [0, 0.05) is 13.7 Å². The minimum atomic E-state index is -3.62. The molecule has 1 aromatic rings. The van der Waals surface area contributed by atoms with E-state index < -0.39 is 15.8 Å². The topological polar surface area (TPSA) is 67.4 Å². The summed E-state index contributed by atoms with van der Waals surface area (Å²) in [6, 6.07) is 3.71. The summed E-state index contributed by atoms with van der Waals surface area (Å²) >= 11 is 0. The Balaban J connectivity index is 2.87. The highest BCUT2D eigenvalue weighted by atomic mass is 32.2. The number of rotatable bonds is 6. The second-order valence-corrected chi connectivity index (χ2v) is 5.66. The summed E-state index contributed by atoms with van der Waals surface area (Å²) in [5.41, 5.74) is 0.244. The van der Waals surface area contributed by atoms with Crippen molar-refractivity contribution in [3.05, 3.63) is 24.0 Å². The molecule has 0 amide bonds. The summed E-state index contributed by atoms with van der Waals surface area (Å²) in [6.07, 6.45) is -0.0647. The normalized spacial score (nSPS) is 13.3. The number of hydrogen-bond acceptors (Lipinski definition) is 4. The molecule has 0 bridgehead atoms. The summed E-state index contributed by atoms with van der Waals surface area (Å²) in [4.78, 5) is -0.104. The van der Waals surface area contributed by atoms with Crippen LogP contribution >= 0.6 is 0 Å². The van der Waals surface area contributed by atoms with E-state index >= 15 is 0 Å². The van der Waals surface area contributed by atoms with Gasteiger partial charge in [-0.25, -0.2) is 17.5 Å². The molecule has 0 saturated heterocycles. The van der Waals surface area contributed by atoms with Crippen molar-refractivity contribution >= 4 is 15.7 Å². The fraction of sp³-hybridized carbons (Fsp3) is 0.455. The van der Waals surface area contributed by atoms with Crippen molar-refractivity contribution in [1.29, 1.82) is 0 Å². The first-order valence-corrected chi connectivity index (χ1v) is 6.88. The molecule has 1 unspecified atom stereocenters. The highest BCUT2D eigenvalue weighted by Crippen LogP contribution is 2.18. The summed E-state index contributed by atoms with van der Waals surface area (Å²) in [5.74, 6) is -0.616. The Hall–Kier alpha value is -1.18. The lowest BCUT2D eigenvalue weighted by Gasteiger charge is -2.13. The number of halogens is 1. The van der Waals surface area contributed by atoms with Gasteiger partial charge >= 0.3 is 0 Å². The SMILES string of the molecule is CNS(=O)(=O)c1ccc(NCC(C)OC)c(F)c1. The predicted molar refractivity (Wildman–Crippen MR) is 67.6 cm³/mol. The standard InChI is InChI=1S/C11H17FN2O3S/c1-8(17-3)7-14-11-5-4-9(6-10(11)12)18(15,16)13-2/h4-6,8,13-14H,7H2,1-3H3. The monoisotopic (exact) mass is 276 g/mol. The molecule has 0 aromatic heterocycles. The number of benzene rings is 1. The Morgan fingerprint density at radius 2 is 2.11 bits per heavy atom. The molecule has 0 heterocycles. The molecule has 18 heavy (non-hydrogen) atoms. The molecule has 0 saturated carbocycles. The highest BCUT2D eigenvalue weighted by Gasteiger charge is 2.14. The zero-order chi connectivity index (χ0) is 13.8. The number of nitrogens with one attached hydrogen (secondary N) is 2. The van der Waals surface area contributed by atoms with Gasteiger partial charge in [0.05, 0.1) is 16.7 Å². The highest BCUT2D eigenvalue weighted by molar-refractivity contribution is 7.89. The minimum Gasteiger partial charge on any atom is -0.380 e. The molecule has 1 rings (SSSR count). The first kappa shape index (κ1) is 14.9. The van der Waals surface area contributed by atoms with Crippen LogP contribution in [0.25, 0.3) is 0 Å². The second kappa shape index (κ2) is 6.12. The number of anilines is 1. The van der Waals surface area contributed by atoms with Gasteiger partial charge in [0.15, 0.2) is 0 Å². The number of sulfonamides is 1. The van der Waals surface area contributed by atoms with Crippen molar-refractivity contribution in [2.75, 3.05) is 26.0 Å². The average Bonchev–Trinajstić information content (AvgIpc) is 2.36. The molecule has 0 spiro atoms. The van der Waals surface area contributed by atoms with E-state index in [2.05, 4.69) is 10.0 Å². The number of methoxy groups -OCH3 is 1. The fourth-order valence-electron chi connectivity index (χ4n) is 1.26. The van der Waals surface area contributed by atoms with Crippen molar-refractivity contribution in [1.82, 2.24) is 4.72 Å². The van der Waals surface area contributed by atoms with Crippen LogP contribution in [0.5, 0.6) is 0 Å². The largest absolute Gasteiger partial charge is 0.380 e. The average molecular weight is 276 g/mol. The summed E-state index contributed by atoms with van der Waals surface area (Å²) in [7, 11) is -0.778. The van der Waals surface area contributed by atoms with Crippen LogP contribution < -0.4 is 10.0 Å². The smallest absolute Gasteiger partial charge is 0.240 e. The van der Waals surface area contributed by atoms with Crippen LogP contribution in [0.3, 0.4) is 0 Å². The van der Waals surface area contributed by atoms with Crippen LogP contribution in [-0.4, -0.2) is 35.2 Å². The molecule has 102 valence electrons. The van der Waals surface area contributed by atoms with E-state index in [1.807, 2.05) is 6.92 Å². The van der Waals surface area contributed by atoms with Gasteiger partial charge in [-0.3, -0.25) is 0 Å². The zero-order valence-corrected chi connectivity index (χ0v) is 11.3. The Kier molecular flexibility index (Phi) is 5.06. The summed E-state index contributed by atoms with van der Waals surface area (Å²) in [5, 5.41) is 2.85. The van der Waals surface area contributed by atoms with Crippen LogP contribution in [0.1, 0.15) is 6.92 Å². The minimum absolute atomic E-state index is 0.0647. The van der Waals surface area contributed by atoms with E-state index in [0.29, 0.717) is 6.54 Å². The molecule has 1 atom stereocenters. The van der Waals surface area contributed by atoms with Crippen molar-refractivity contribution in [3.63, 3.8) is 0 Å². The fourth-order valence-corrected chi connectivity index (χ4v) is 2.00. The molecule has 0 radical (unpaired) electrons. The van der Waals surface area contributed by atoms with E-state index in [0.717, 1.165) is 6.07 Å². The van der Waals surface area contributed by atoms with Crippen molar-refractivity contribution in [2.24, 2.45) is 0 Å². The molecule has 0 fully saturated rings. The maximum Gasteiger partial charge on any atom is 0.240 e. The molecule has 2 N–H and O–H groups in total. The second-order valence-electron chi connectivity index (χ2n) is 3.78. The van der Waals surface area contributed by atoms with Crippen LogP contribution in [0.2, 0.25) is 0 Å². The molecule has 0 aliphatic heterocycles. The van der Waals surface area contributed by atoms with Gasteiger partial charge < -0.3 is 10.1 Å². The Bertz CT molecular complexity index is 505. The van der Waals surface area contributed by atoms with Crippen LogP contribution in [-0.2, 0) is 14.8 Å². The molecule has 0 aliphatic carbocycles. The van der Waals surface area contributed by atoms with Gasteiger partial charge in [0.1, 0.15) is 5.82 Å². The molecule has 5 nitrogen and oxygen atoms in total. The third-order valence-electron chi connectivity index (χ3n) is 2.50. The van der Waals surface area contributed by atoms with Crippen LogP contribution in [0.4, 0.5) is 10.1 Å². The summed E-state index contributed by atoms with van der Waals surface area (Å²) in [6.45, 7) is 2.27. The Morgan fingerprint density at radius 3 is 2.61 bits per heavy atom. The van der Waals surface area contributed by atoms with E-state index in [9.17, 15) is 12.8 Å². The molecule has 0 aliphatic rings. The zero-order valence-electron chi connectivity index (χ0n) is 10.5. The lowest BCUT2D eigenvalue weighted by Crippen LogP contribution is -2.20. The van der Waals surface area contributed by atoms with Crippen LogP contribution in [0.15, 0.2) is 23.1 Å². The van der Waals surface area contributed by atoms with Gasteiger partial charge in [-0.15, -0.1) is 0 Å². The van der Waals surface area contributed by atoms with Gasteiger partial charge in [-0.2, -0.15) is 0 Å². The van der Waals surface area contributed by atoms with E-state index in [4.69, 9.17) is 4.74 Å². The maximum absolute atomic E-state index is 13.7. The maximum atomic E-state index is 13.7. The first-order chi connectivity index (χ1) is 8.40. The summed E-state index contributed by atoms with van der Waals surface area (Å²) < 4.78 is 43.7. The number of hydrogen-bond donors (Lipinski definition) is 2. The van der Waals surface area contributed by atoms with Crippen LogP contribution in [0, 0.1) is 5.82 Å². The third-order valence-corrected chi connectivity index (χ3v) is 3.91. The first-order valence-electron chi connectivity index (χ1n) is 5.40. The Morgan fingerprint density at radius 1 is 1.44 bits per heavy atom. The van der Waals surface area contributed by atoms with Gasteiger partial charge in [0.2, 0.25) is 10.0 Å². The van der Waals surface area contributed by atoms with Gasteiger partial charge in [-0.1, -0.05) is 0 Å². The lowest BCUT2D eigenvalue weighted by molar-refractivity contribution is 0.128. The van der Waals surface area contributed by atoms with E-state index in [-0.39, 0.29) is 16.7 Å². The van der Waals surface area contributed by atoms with Crippen molar-refractivity contribution < 1.29 is 17.5 Å². The Labute approximate surface area is 106 Å². The number of ether oxygens (including phenoxy) is 1. The lowest BCUT2D eigenvalue weighted by atomic mass is 10.3. The quantitative estimate of drug-likeness (QED) is 0.819. The van der Waals surface area contributed by atoms with Crippen molar-refractivity contribution in [2.45, 2.75) is 17.9 Å². The van der Waals surface area contributed by atoms with Crippen molar-refractivity contribution in [3.8, 4) is 0 Å². The molecular formula is C11H17FN2O3S.